The molecular formula is C11H11F2N3. The largest absolute Gasteiger partial charge is 0.207 e. The first-order valence-electron chi connectivity index (χ1n) is 4.96. The lowest BCUT2D eigenvalue weighted by Crippen LogP contribution is -2.02. The SMILES string of the molecule is CC(Cc1cn[nH]n1)c1cc(F)ccc1F. The molecule has 1 aromatic heterocycles. The van der Waals surface area contributed by atoms with Crippen LogP contribution in [0.2, 0.25) is 0 Å². The van der Waals surface area contributed by atoms with Crippen LogP contribution in [0, 0.1) is 11.6 Å². The summed E-state index contributed by atoms with van der Waals surface area (Å²) in [7, 11) is 0. The van der Waals surface area contributed by atoms with Crippen molar-refractivity contribution in [2.45, 2.75) is 19.3 Å². The highest BCUT2D eigenvalue weighted by Crippen LogP contribution is 2.22. The standard InChI is InChI=1S/C11H11F2N3/c1-7(4-9-6-14-16-15-9)10-5-8(12)2-3-11(10)13/h2-3,5-7H,4H2,1H3,(H,14,15,16). The van der Waals surface area contributed by atoms with E-state index in [4.69, 9.17) is 0 Å². The number of nitrogens with one attached hydrogen (secondary N) is 1. The second kappa shape index (κ2) is 4.38. The predicted octanol–water partition coefficient (Wildman–Crippen LogP) is 2.43. The van der Waals surface area contributed by atoms with Crippen molar-refractivity contribution < 1.29 is 8.78 Å². The van der Waals surface area contributed by atoms with Gasteiger partial charge in [0.2, 0.25) is 0 Å². The van der Waals surface area contributed by atoms with E-state index in [9.17, 15) is 8.78 Å². The Balaban J connectivity index is 2.20. The Morgan fingerprint density at radius 3 is 2.88 bits per heavy atom. The van der Waals surface area contributed by atoms with Gasteiger partial charge in [0.25, 0.3) is 0 Å². The van der Waals surface area contributed by atoms with Gasteiger partial charge < -0.3 is 0 Å². The van der Waals surface area contributed by atoms with Crippen LogP contribution in [0.5, 0.6) is 0 Å². The molecule has 1 aromatic carbocycles. The van der Waals surface area contributed by atoms with Gasteiger partial charge in [-0.3, -0.25) is 0 Å². The van der Waals surface area contributed by atoms with Gasteiger partial charge in [-0.15, -0.1) is 0 Å². The van der Waals surface area contributed by atoms with Crippen LogP contribution in [0.25, 0.3) is 0 Å². The molecule has 1 heterocycles. The van der Waals surface area contributed by atoms with Gasteiger partial charge in [-0.2, -0.15) is 15.4 Å². The van der Waals surface area contributed by atoms with Gasteiger partial charge in [0.1, 0.15) is 11.6 Å². The summed E-state index contributed by atoms with van der Waals surface area (Å²) in [5.74, 6) is -0.957. The molecule has 0 saturated carbocycles. The molecule has 2 aromatic rings. The average Bonchev–Trinajstić information content (AvgIpc) is 2.74. The maximum atomic E-state index is 13.4. The van der Waals surface area contributed by atoms with Crippen molar-refractivity contribution in [3.05, 3.63) is 47.3 Å². The summed E-state index contributed by atoms with van der Waals surface area (Å²) >= 11 is 0. The molecule has 2 rings (SSSR count). The van der Waals surface area contributed by atoms with Crippen LogP contribution in [-0.4, -0.2) is 15.4 Å². The molecule has 0 aliphatic rings. The van der Waals surface area contributed by atoms with Gasteiger partial charge in [0.15, 0.2) is 0 Å². The zero-order valence-corrected chi connectivity index (χ0v) is 8.74. The van der Waals surface area contributed by atoms with Crippen LogP contribution >= 0.6 is 0 Å². The first-order valence-corrected chi connectivity index (χ1v) is 4.96. The number of benzene rings is 1. The number of rotatable bonds is 3. The van der Waals surface area contributed by atoms with E-state index in [1.807, 2.05) is 6.92 Å². The van der Waals surface area contributed by atoms with E-state index in [1.165, 1.54) is 6.07 Å². The number of nitrogens with zero attached hydrogens (tertiary/aromatic N) is 2. The maximum Gasteiger partial charge on any atom is 0.126 e. The molecule has 0 aliphatic heterocycles. The molecule has 0 spiro atoms. The van der Waals surface area contributed by atoms with Gasteiger partial charge in [0, 0.05) is 0 Å². The van der Waals surface area contributed by atoms with Crippen LogP contribution in [-0.2, 0) is 6.42 Å². The van der Waals surface area contributed by atoms with Gasteiger partial charge >= 0.3 is 0 Å². The third-order valence-corrected chi connectivity index (χ3v) is 2.47. The summed E-state index contributed by atoms with van der Waals surface area (Å²) in [5, 5.41) is 10.0. The summed E-state index contributed by atoms with van der Waals surface area (Å²) < 4.78 is 26.4. The number of hydrogen-bond donors (Lipinski definition) is 1. The van der Waals surface area contributed by atoms with E-state index in [2.05, 4.69) is 15.4 Å². The minimum atomic E-state index is -0.427. The lowest BCUT2D eigenvalue weighted by molar-refractivity contribution is 0.565. The summed E-state index contributed by atoms with van der Waals surface area (Å²) in [5.41, 5.74) is 1.10. The van der Waals surface area contributed by atoms with E-state index in [-0.39, 0.29) is 5.92 Å². The Kier molecular flexibility index (Phi) is 2.94. The fourth-order valence-electron chi connectivity index (χ4n) is 1.64. The number of aromatic nitrogens is 3. The molecule has 1 N–H and O–H groups in total. The highest BCUT2D eigenvalue weighted by Gasteiger charge is 2.13. The van der Waals surface area contributed by atoms with Crippen LogP contribution in [0.4, 0.5) is 8.78 Å². The molecule has 0 amide bonds. The summed E-state index contributed by atoms with van der Waals surface area (Å²) in [6.45, 7) is 1.83. The Hall–Kier alpha value is -1.78. The molecule has 5 heteroatoms. The van der Waals surface area contributed by atoms with Crippen molar-refractivity contribution in [1.82, 2.24) is 15.4 Å². The van der Waals surface area contributed by atoms with E-state index >= 15 is 0 Å². The molecule has 0 saturated heterocycles. The van der Waals surface area contributed by atoms with Gasteiger partial charge in [-0.1, -0.05) is 6.92 Å². The fraction of sp³-hybridized carbons (Fsp3) is 0.273. The summed E-state index contributed by atoms with van der Waals surface area (Å²) in [6.07, 6.45) is 2.10. The Labute approximate surface area is 91.5 Å². The van der Waals surface area contributed by atoms with Crippen molar-refractivity contribution in [3.63, 3.8) is 0 Å². The normalized spacial score (nSPS) is 12.7. The smallest absolute Gasteiger partial charge is 0.126 e. The molecule has 84 valence electrons. The molecule has 0 fully saturated rings. The minimum absolute atomic E-state index is 0.138. The first kappa shape index (κ1) is 10.7. The monoisotopic (exact) mass is 223 g/mol. The van der Waals surface area contributed by atoms with Crippen LogP contribution in [0.1, 0.15) is 24.1 Å². The molecule has 1 unspecified atom stereocenters. The minimum Gasteiger partial charge on any atom is -0.207 e. The number of aromatic amines is 1. The highest BCUT2D eigenvalue weighted by molar-refractivity contribution is 5.23. The van der Waals surface area contributed by atoms with Crippen molar-refractivity contribution in [2.24, 2.45) is 0 Å². The summed E-state index contributed by atoms with van der Waals surface area (Å²) in [6, 6.07) is 3.48. The van der Waals surface area contributed by atoms with Crippen LogP contribution in [0.15, 0.2) is 24.4 Å². The second-order valence-electron chi connectivity index (χ2n) is 3.73. The Morgan fingerprint density at radius 1 is 1.38 bits per heavy atom. The van der Waals surface area contributed by atoms with E-state index in [0.29, 0.717) is 12.0 Å². The Morgan fingerprint density at radius 2 is 2.19 bits per heavy atom. The highest BCUT2D eigenvalue weighted by atomic mass is 19.1. The molecule has 0 radical (unpaired) electrons. The molecule has 16 heavy (non-hydrogen) atoms. The maximum absolute atomic E-state index is 13.4. The lowest BCUT2D eigenvalue weighted by atomic mass is 9.96. The van der Waals surface area contributed by atoms with Crippen LogP contribution in [0.3, 0.4) is 0 Å². The van der Waals surface area contributed by atoms with Crippen LogP contribution < -0.4 is 0 Å². The molecule has 1 atom stereocenters. The lowest BCUT2D eigenvalue weighted by Gasteiger charge is -2.11. The van der Waals surface area contributed by atoms with Crippen molar-refractivity contribution in [3.8, 4) is 0 Å². The first-order chi connectivity index (χ1) is 7.66. The molecular weight excluding hydrogens is 212 g/mol. The van der Waals surface area contributed by atoms with E-state index in [0.717, 1.165) is 17.8 Å². The third-order valence-electron chi connectivity index (χ3n) is 2.47. The average molecular weight is 223 g/mol. The molecule has 0 bridgehead atoms. The molecule has 3 nitrogen and oxygen atoms in total. The zero-order valence-electron chi connectivity index (χ0n) is 8.74. The van der Waals surface area contributed by atoms with Gasteiger partial charge in [-0.25, -0.2) is 8.78 Å². The number of halogens is 2. The number of hydrogen-bond acceptors (Lipinski definition) is 2. The zero-order chi connectivity index (χ0) is 11.5. The van der Waals surface area contributed by atoms with E-state index < -0.39 is 11.6 Å². The number of H-pyrrole nitrogens is 1. The van der Waals surface area contributed by atoms with Crippen molar-refractivity contribution in [1.29, 1.82) is 0 Å². The summed E-state index contributed by atoms with van der Waals surface area (Å²) in [4.78, 5) is 0. The Bertz CT molecular complexity index is 468. The molecule has 0 aliphatic carbocycles. The van der Waals surface area contributed by atoms with Crippen molar-refractivity contribution in [2.75, 3.05) is 0 Å². The predicted molar refractivity (Wildman–Crippen MR) is 54.9 cm³/mol. The quantitative estimate of drug-likeness (QED) is 0.868. The van der Waals surface area contributed by atoms with Gasteiger partial charge in [-0.05, 0) is 36.1 Å². The van der Waals surface area contributed by atoms with Crippen molar-refractivity contribution >= 4 is 0 Å². The topological polar surface area (TPSA) is 41.6 Å². The van der Waals surface area contributed by atoms with E-state index in [1.54, 1.807) is 6.20 Å². The van der Waals surface area contributed by atoms with Gasteiger partial charge in [0.05, 0.1) is 11.9 Å². The fourth-order valence-corrected chi connectivity index (χ4v) is 1.64. The second-order valence-corrected chi connectivity index (χ2v) is 3.73. The third kappa shape index (κ3) is 2.24.